The van der Waals surface area contributed by atoms with Crippen molar-refractivity contribution in [3.8, 4) is 5.88 Å². The molecule has 11 rings (SSSR count). The number of pyridine rings is 1. The summed E-state index contributed by atoms with van der Waals surface area (Å²) in [5, 5.41) is 26.2. The van der Waals surface area contributed by atoms with Gasteiger partial charge in [-0.25, -0.2) is 17.5 Å². The number of piperidine rings is 1. The van der Waals surface area contributed by atoms with E-state index in [-0.39, 0.29) is 45.5 Å². The lowest BCUT2D eigenvalue weighted by Gasteiger charge is -2.57. The van der Waals surface area contributed by atoms with Crippen LogP contribution in [-0.2, 0) is 19.5 Å². The van der Waals surface area contributed by atoms with Gasteiger partial charge in [0.25, 0.3) is 21.6 Å². The second kappa shape index (κ2) is 19.6. The van der Waals surface area contributed by atoms with Gasteiger partial charge >= 0.3 is 0 Å². The van der Waals surface area contributed by atoms with Crippen molar-refractivity contribution in [3.05, 3.63) is 106 Å². The maximum Gasteiger partial charge on any atom is 0.293 e. The summed E-state index contributed by atoms with van der Waals surface area (Å²) in [6, 6.07) is 19.6. The Balaban J connectivity index is 0.890. The molecule has 75 heavy (non-hydrogen) atoms. The Labute approximate surface area is 437 Å². The van der Waals surface area contributed by atoms with Crippen LogP contribution >= 0.6 is 0 Å². The molecule has 3 saturated heterocycles. The van der Waals surface area contributed by atoms with E-state index in [0.717, 1.165) is 76.5 Å². The van der Waals surface area contributed by atoms with Gasteiger partial charge in [-0.3, -0.25) is 19.8 Å². The Bertz CT molecular complexity index is 3100. The number of sulfonamides is 1. The Morgan fingerprint density at radius 2 is 1.73 bits per heavy atom. The van der Waals surface area contributed by atoms with Crippen molar-refractivity contribution in [2.75, 3.05) is 61.1 Å². The van der Waals surface area contributed by atoms with Gasteiger partial charge in [0.05, 0.1) is 57.4 Å². The number of H-pyrrole nitrogens is 1. The van der Waals surface area contributed by atoms with Gasteiger partial charge in [-0.05, 0) is 143 Å². The van der Waals surface area contributed by atoms with E-state index in [0.29, 0.717) is 62.4 Å². The molecule has 400 valence electrons. The number of nitrogens with zero attached hydrogens (tertiary/aromatic N) is 5. The zero-order chi connectivity index (χ0) is 52.6. The number of aromatic nitrogens is 2. The van der Waals surface area contributed by atoms with Gasteiger partial charge in [0.2, 0.25) is 5.88 Å². The molecule has 4 aliphatic heterocycles. The number of carbonyl (C=O) groups excluding carboxylic acids is 1. The molecule has 1 amide bonds. The number of nitro groups is 1. The predicted molar refractivity (Wildman–Crippen MR) is 284 cm³/mol. The number of nitrogens with one attached hydrogen (secondary N) is 3. The number of benzene rings is 3. The van der Waals surface area contributed by atoms with Crippen LogP contribution in [0, 0.1) is 27.3 Å². The largest absolute Gasteiger partial charge is 0.468 e. The summed E-state index contributed by atoms with van der Waals surface area (Å²) in [5.41, 5.74) is 2.97. The molecule has 2 aromatic heterocycles. The molecule has 3 atom stereocenters. The summed E-state index contributed by atoms with van der Waals surface area (Å²) in [6.45, 7) is 14.8. The SMILES string of the molecule is CC(C)c1ccccc1[C@@H]1COCCN1C1CC2(CCN(c3ccc(C(=O)NS(=O)(=O)c4ccc(NC[C@H]5CC[C@](C)(O)CC5)c([N+](=O)[O-])c4)c(N4c5cc6c(F)c[nH]c6nc5O[C@@H]5[C@@H]4CCOC5(C)C)c3)CC2)C1. The fourth-order valence-electron chi connectivity index (χ4n) is 13.0. The van der Waals surface area contributed by atoms with Crippen LogP contribution in [0.3, 0.4) is 0 Å². The fraction of sp³-hybridized carbons (Fsp3) is 0.536. The molecule has 0 bridgehead atoms. The van der Waals surface area contributed by atoms with Crippen molar-refractivity contribution in [2.45, 2.75) is 139 Å². The average molecular weight is 1050 g/mol. The van der Waals surface area contributed by atoms with Crippen LogP contribution in [0.2, 0.25) is 0 Å². The molecule has 4 N–H and O–H groups in total. The normalized spacial score (nSPS) is 25.8. The van der Waals surface area contributed by atoms with Gasteiger partial charge in [-0.15, -0.1) is 0 Å². The number of aliphatic hydroxyl groups is 1. The van der Waals surface area contributed by atoms with Gasteiger partial charge in [0, 0.05) is 56.8 Å². The van der Waals surface area contributed by atoms with E-state index < -0.39 is 60.6 Å². The zero-order valence-corrected chi connectivity index (χ0v) is 44.3. The number of amides is 1. The van der Waals surface area contributed by atoms with Crippen molar-refractivity contribution in [1.82, 2.24) is 19.6 Å². The highest BCUT2D eigenvalue weighted by atomic mass is 32.2. The van der Waals surface area contributed by atoms with Crippen molar-refractivity contribution >= 4 is 55.4 Å². The van der Waals surface area contributed by atoms with Gasteiger partial charge in [-0.1, -0.05) is 38.1 Å². The van der Waals surface area contributed by atoms with E-state index in [2.05, 4.69) is 62.9 Å². The number of halogens is 1. The van der Waals surface area contributed by atoms with E-state index in [1.165, 1.54) is 29.5 Å². The lowest BCUT2D eigenvalue weighted by atomic mass is 9.59. The van der Waals surface area contributed by atoms with Gasteiger partial charge in [-0.2, -0.15) is 4.98 Å². The number of fused-ring (bicyclic) bond motifs is 3. The van der Waals surface area contributed by atoms with E-state index in [4.69, 9.17) is 19.2 Å². The lowest BCUT2D eigenvalue weighted by molar-refractivity contribution is -0.384. The summed E-state index contributed by atoms with van der Waals surface area (Å²) in [5.74, 6) is -0.695. The number of carbonyl (C=O) groups is 1. The van der Waals surface area contributed by atoms with Crippen LogP contribution in [0.25, 0.3) is 11.0 Å². The summed E-state index contributed by atoms with van der Waals surface area (Å²) in [4.78, 5) is 40.7. The predicted octanol–water partition coefficient (Wildman–Crippen LogP) is 9.49. The van der Waals surface area contributed by atoms with Gasteiger partial charge < -0.3 is 39.4 Å². The number of ether oxygens (including phenoxy) is 3. The monoisotopic (exact) mass is 1050 g/mol. The second-order valence-electron chi connectivity index (χ2n) is 23.1. The average Bonchev–Trinajstić information content (AvgIpc) is 3.77. The third kappa shape index (κ3) is 9.83. The quantitative estimate of drug-likeness (QED) is 0.0679. The van der Waals surface area contributed by atoms with Crippen LogP contribution in [0.4, 0.5) is 32.8 Å². The van der Waals surface area contributed by atoms with Gasteiger partial charge in [0.1, 0.15) is 34.5 Å². The first-order chi connectivity index (χ1) is 35.8. The number of nitro benzene ring substituents is 1. The maximum absolute atomic E-state index is 15.4. The first-order valence-corrected chi connectivity index (χ1v) is 28.2. The molecule has 19 heteroatoms. The standard InChI is InChI=1S/C56H69FN8O9S/c1-34(2)39-8-6-7-9-40(39)49-33-72-25-23-63(49)37-29-56(30-37)19-21-62(22-20-56)36-10-12-41(46(26-36)64-45-16-24-73-54(3,4)50(45)74-53-48(64)28-42-43(57)32-59-51(42)60-53)52(66)61-75(70,71)38-11-13-44(47(27-38)65(68)69)58-31-35-14-17-55(5,67)18-15-35/h6-13,26-28,32,34-35,37,45,49-50,58,67H,14-25,29-31,33H2,1-5H3,(H,59,60)(H,61,66)/t35-,45-,49-,50+,55-/m0/s1. The molecular weight excluding hydrogens is 980 g/mol. The summed E-state index contributed by atoms with van der Waals surface area (Å²) < 4.78 is 65.2. The molecule has 0 radical (unpaired) electrons. The molecule has 3 aromatic carbocycles. The van der Waals surface area contributed by atoms with Crippen molar-refractivity contribution in [1.29, 1.82) is 0 Å². The molecular formula is C56H69FN8O9S. The molecule has 0 unspecified atom stereocenters. The molecule has 6 heterocycles. The summed E-state index contributed by atoms with van der Waals surface area (Å²) in [6.07, 6.45) is 7.96. The number of morpholine rings is 1. The highest BCUT2D eigenvalue weighted by Gasteiger charge is 2.52. The number of aromatic amines is 1. The van der Waals surface area contributed by atoms with E-state index >= 15 is 4.39 Å². The van der Waals surface area contributed by atoms with Crippen LogP contribution in [-0.4, -0.2) is 115 Å². The van der Waals surface area contributed by atoms with Crippen molar-refractivity contribution < 1.29 is 41.8 Å². The Kier molecular flexibility index (Phi) is 13.4. The van der Waals surface area contributed by atoms with Crippen LogP contribution in [0.1, 0.15) is 126 Å². The minimum atomic E-state index is -4.69. The first-order valence-electron chi connectivity index (χ1n) is 26.7. The van der Waals surface area contributed by atoms with Crippen LogP contribution in [0.15, 0.2) is 77.8 Å². The Morgan fingerprint density at radius 3 is 2.48 bits per heavy atom. The second-order valence-corrected chi connectivity index (χ2v) is 24.8. The smallest absolute Gasteiger partial charge is 0.293 e. The lowest BCUT2D eigenvalue weighted by Crippen LogP contribution is -2.61. The highest BCUT2D eigenvalue weighted by Crippen LogP contribution is 2.54. The fourth-order valence-corrected chi connectivity index (χ4v) is 14.0. The van der Waals surface area contributed by atoms with E-state index in [1.807, 2.05) is 30.9 Å². The zero-order valence-electron chi connectivity index (χ0n) is 43.4. The highest BCUT2D eigenvalue weighted by molar-refractivity contribution is 7.90. The van der Waals surface area contributed by atoms with Crippen LogP contribution < -0.4 is 24.6 Å². The molecule has 5 fully saturated rings. The molecule has 5 aromatic rings. The number of rotatable bonds is 12. The third-order valence-corrected chi connectivity index (χ3v) is 18.7. The molecule has 1 spiro atoms. The molecule has 17 nitrogen and oxygen atoms in total. The number of hydrogen-bond acceptors (Lipinski definition) is 14. The minimum absolute atomic E-state index is 0.0153. The molecule has 2 saturated carbocycles. The van der Waals surface area contributed by atoms with E-state index in [1.54, 1.807) is 19.1 Å². The van der Waals surface area contributed by atoms with E-state index in [9.17, 15) is 28.4 Å². The molecule has 2 aliphatic carbocycles. The van der Waals surface area contributed by atoms with Gasteiger partial charge in [0.15, 0.2) is 0 Å². The molecule has 6 aliphatic rings. The Morgan fingerprint density at radius 1 is 0.973 bits per heavy atom. The Hall–Kier alpha value is -5.86. The first kappa shape index (κ1) is 51.3. The maximum atomic E-state index is 15.4. The van der Waals surface area contributed by atoms with Crippen molar-refractivity contribution in [2.24, 2.45) is 11.3 Å². The summed E-state index contributed by atoms with van der Waals surface area (Å²) in [7, 11) is -4.69. The van der Waals surface area contributed by atoms with Crippen LogP contribution in [0.5, 0.6) is 5.88 Å². The minimum Gasteiger partial charge on any atom is -0.468 e. The number of anilines is 4. The third-order valence-electron chi connectivity index (χ3n) is 17.4. The van der Waals surface area contributed by atoms with Crippen molar-refractivity contribution in [3.63, 3.8) is 0 Å². The number of hydrogen-bond donors (Lipinski definition) is 4. The topological polar surface area (TPSA) is 205 Å². The summed E-state index contributed by atoms with van der Waals surface area (Å²) >= 11 is 0.